The van der Waals surface area contributed by atoms with Crippen LogP contribution in [0, 0.1) is 23.5 Å². The second-order valence-corrected chi connectivity index (χ2v) is 9.80. The SMILES string of the molecule is Cc1ccc(S(=O)(=O)C#CC2(C(=O)OC(C)(C)C)Cc3ccccc3C2=O)cc1. The summed E-state index contributed by atoms with van der Waals surface area (Å²) in [5.41, 5.74) is -0.819. The topological polar surface area (TPSA) is 77.5 Å². The van der Waals surface area contributed by atoms with Crippen LogP contribution in [0.3, 0.4) is 0 Å². The fourth-order valence-electron chi connectivity index (χ4n) is 3.10. The smallest absolute Gasteiger partial charge is 0.333 e. The number of rotatable bonds is 2. The molecule has 0 bridgehead atoms. The summed E-state index contributed by atoms with van der Waals surface area (Å²) in [6, 6.07) is 13.0. The summed E-state index contributed by atoms with van der Waals surface area (Å²) in [6.07, 6.45) is -0.0205. The van der Waals surface area contributed by atoms with Crippen molar-refractivity contribution in [1.29, 1.82) is 0 Å². The Bertz CT molecular complexity index is 1140. The molecular formula is C23H22O5S. The zero-order chi connectivity index (χ0) is 21.4. The molecule has 0 fully saturated rings. The molecule has 6 heteroatoms. The molecule has 5 nitrogen and oxygen atoms in total. The summed E-state index contributed by atoms with van der Waals surface area (Å²) >= 11 is 0. The molecule has 29 heavy (non-hydrogen) atoms. The number of carbonyl (C=O) groups excluding carboxylic acids is 2. The quantitative estimate of drug-likeness (QED) is 0.328. The van der Waals surface area contributed by atoms with Crippen LogP contribution in [0.5, 0.6) is 0 Å². The Morgan fingerprint density at radius 2 is 1.69 bits per heavy atom. The molecule has 0 radical (unpaired) electrons. The molecule has 2 aromatic carbocycles. The van der Waals surface area contributed by atoms with E-state index >= 15 is 0 Å². The van der Waals surface area contributed by atoms with E-state index in [1.54, 1.807) is 57.2 Å². The molecule has 1 atom stereocenters. The summed E-state index contributed by atoms with van der Waals surface area (Å²) in [7, 11) is -4.01. The minimum atomic E-state index is -4.01. The van der Waals surface area contributed by atoms with Crippen molar-refractivity contribution in [2.75, 3.05) is 0 Å². The molecular weight excluding hydrogens is 388 g/mol. The lowest BCUT2D eigenvalue weighted by Crippen LogP contribution is -2.41. The molecule has 1 aliphatic rings. The number of esters is 1. The van der Waals surface area contributed by atoms with E-state index in [9.17, 15) is 18.0 Å². The fourth-order valence-corrected chi connectivity index (χ4v) is 4.03. The standard InChI is InChI=1S/C23H22O5S/c1-16-9-11-18(12-10-16)29(26,27)14-13-23(21(25)28-22(2,3)4)15-17-7-5-6-8-19(17)20(23)24/h5-12H,15H2,1-4H3. The number of hydrogen-bond acceptors (Lipinski definition) is 5. The van der Waals surface area contributed by atoms with Gasteiger partial charge in [-0.15, -0.1) is 0 Å². The van der Waals surface area contributed by atoms with Gasteiger partial charge in [-0.2, -0.15) is 0 Å². The number of Topliss-reactive ketones (excluding diaryl/α,β-unsaturated/α-hetero) is 1. The van der Waals surface area contributed by atoms with Gasteiger partial charge in [0.2, 0.25) is 9.84 Å². The molecule has 1 unspecified atom stereocenters. The highest BCUT2D eigenvalue weighted by atomic mass is 32.2. The maximum Gasteiger partial charge on any atom is 0.333 e. The van der Waals surface area contributed by atoms with E-state index in [1.165, 1.54) is 12.1 Å². The van der Waals surface area contributed by atoms with Gasteiger partial charge in [0.05, 0.1) is 4.90 Å². The Morgan fingerprint density at radius 3 is 2.28 bits per heavy atom. The van der Waals surface area contributed by atoms with Gasteiger partial charge in [-0.1, -0.05) is 47.9 Å². The van der Waals surface area contributed by atoms with Crippen LogP contribution in [0.1, 0.15) is 42.3 Å². The van der Waals surface area contributed by atoms with Gasteiger partial charge in [0.25, 0.3) is 0 Å². The lowest BCUT2D eigenvalue weighted by atomic mass is 9.84. The van der Waals surface area contributed by atoms with E-state index in [2.05, 4.69) is 11.2 Å². The first kappa shape index (κ1) is 20.8. The van der Waals surface area contributed by atoms with Crippen molar-refractivity contribution in [2.24, 2.45) is 5.41 Å². The van der Waals surface area contributed by atoms with Crippen LogP contribution in [0.25, 0.3) is 0 Å². The Balaban J connectivity index is 2.10. The monoisotopic (exact) mass is 410 g/mol. The minimum Gasteiger partial charge on any atom is -0.458 e. The number of sulfone groups is 1. The third-order valence-electron chi connectivity index (χ3n) is 4.58. The van der Waals surface area contributed by atoms with Crippen molar-refractivity contribution in [3.63, 3.8) is 0 Å². The van der Waals surface area contributed by atoms with Gasteiger partial charge in [-0.3, -0.25) is 4.79 Å². The first-order valence-electron chi connectivity index (χ1n) is 9.16. The number of hydrogen-bond donors (Lipinski definition) is 0. The van der Waals surface area contributed by atoms with Crippen molar-refractivity contribution >= 4 is 21.6 Å². The summed E-state index contributed by atoms with van der Waals surface area (Å²) in [4.78, 5) is 26.2. The first-order valence-corrected chi connectivity index (χ1v) is 10.6. The molecule has 2 aromatic rings. The van der Waals surface area contributed by atoms with E-state index in [0.717, 1.165) is 5.56 Å². The van der Waals surface area contributed by atoms with E-state index in [4.69, 9.17) is 4.74 Å². The summed E-state index contributed by atoms with van der Waals surface area (Å²) in [5, 5.41) is 2.21. The molecule has 0 saturated heterocycles. The summed E-state index contributed by atoms with van der Waals surface area (Å²) in [6.45, 7) is 6.89. The zero-order valence-electron chi connectivity index (χ0n) is 16.8. The molecule has 0 aromatic heterocycles. The number of benzene rings is 2. The highest BCUT2D eigenvalue weighted by Crippen LogP contribution is 2.38. The Hall–Kier alpha value is -2.91. The molecule has 150 valence electrons. The molecule has 0 N–H and O–H groups in total. The van der Waals surface area contributed by atoms with Crippen molar-refractivity contribution in [2.45, 2.75) is 44.6 Å². The highest BCUT2D eigenvalue weighted by molar-refractivity contribution is 7.96. The van der Waals surface area contributed by atoms with Gasteiger partial charge >= 0.3 is 5.97 Å². The Morgan fingerprint density at radius 1 is 1.07 bits per heavy atom. The molecule has 0 saturated carbocycles. The van der Waals surface area contributed by atoms with Crippen molar-refractivity contribution in [3.8, 4) is 11.2 Å². The molecule has 1 aliphatic carbocycles. The van der Waals surface area contributed by atoms with E-state index in [0.29, 0.717) is 11.1 Å². The van der Waals surface area contributed by atoms with Crippen LogP contribution >= 0.6 is 0 Å². The predicted octanol–water partition coefficient (Wildman–Crippen LogP) is 3.50. The largest absolute Gasteiger partial charge is 0.458 e. The average molecular weight is 410 g/mol. The summed E-state index contributed by atoms with van der Waals surface area (Å²) in [5.74, 6) is 1.14. The number of ether oxygens (including phenoxy) is 1. The van der Waals surface area contributed by atoms with E-state index in [1.807, 2.05) is 6.92 Å². The van der Waals surface area contributed by atoms with E-state index < -0.39 is 32.6 Å². The zero-order valence-corrected chi connectivity index (χ0v) is 17.6. The van der Waals surface area contributed by atoms with Crippen LogP contribution in [0.2, 0.25) is 0 Å². The number of carbonyl (C=O) groups is 2. The van der Waals surface area contributed by atoms with Gasteiger partial charge in [0.1, 0.15) is 5.60 Å². The lowest BCUT2D eigenvalue weighted by molar-refractivity contribution is -0.161. The Kier molecular flexibility index (Phi) is 5.14. The van der Waals surface area contributed by atoms with Gasteiger partial charge in [0.15, 0.2) is 11.2 Å². The normalized spacial score (nSPS) is 18.6. The average Bonchev–Trinajstić information content (AvgIpc) is 2.93. The van der Waals surface area contributed by atoms with Gasteiger partial charge in [0, 0.05) is 17.2 Å². The van der Waals surface area contributed by atoms with Crippen molar-refractivity contribution < 1.29 is 22.7 Å². The number of ketones is 1. The predicted molar refractivity (Wildman–Crippen MR) is 109 cm³/mol. The van der Waals surface area contributed by atoms with Gasteiger partial charge in [-0.25, -0.2) is 13.2 Å². The third kappa shape index (κ3) is 4.10. The number of aryl methyl sites for hydroxylation is 1. The van der Waals surface area contributed by atoms with Crippen LogP contribution in [-0.2, 0) is 25.8 Å². The molecule has 0 aliphatic heterocycles. The molecule has 0 spiro atoms. The fraction of sp³-hybridized carbons (Fsp3) is 0.304. The first-order chi connectivity index (χ1) is 13.4. The van der Waals surface area contributed by atoms with Crippen LogP contribution in [0.15, 0.2) is 53.4 Å². The second kappa shape index (κ2) is 7.16. The lowest BCUT2D eigenvalue weighted by Gasteiger charge is -2.26. The van der Waals surface area contributed by atoms with Crippen molar-refractivity contribution in [3.05, 3.63) is 65.2 Å². The van der Waals surface area contributed by atoms with Crippen LogP contribution < -0.4 is 0 Å². The minimum absolute atomic E-state index is 0.0119. The van der Waals surface area contributed by atoms with E-state index in [-0.39, 0.29) is 11.3 Å². The van der Waals surface area contributed by atoms with Gasteiger partial charge in [-0.05, 0) is 45.4 Å². The summed E-state index contributed by atoms with van der Waals surface area (Å²) < 4.78 is 30.8. The maximum absolute atomic E-state index is 13.1. The van der Waals surface area contributed by atoms with Crippen LogP contribution in [-0.4, -0.2) is 25.8 Å². The van der Waals surface area contributed by atoms with Crippen LogP contribution in [0.4, 0.5) is 0 Å². The second-order valence-electron chi connectivity index (χ2n) is 8.11. The molecule has 0 heterocycles. The maximum atomic E-state index is 13.1. The Labute approximate surface area is 171 Å². The highest BCUT2D eigenvalue weighted by Gasteiger charge is 2.53. The number of fused-ring (bicyclic) bond motifs is 1. The third-order valence-corrected chi connectivity index (χ3v) is 5.85. The van der Waals surface area contributed by atoms with Gasteiger partial charge < -0.3 is 4.74 Å². The molecule has 0 amide bonds. The molecule has 3 rings (SSSR count). The van der Waals surface area contributed by atoms with Crippen molar-refractivity contribution in [1.82, 2.24) is 0 Å².